The van der Waals surface area contributed by atoms with Gasteiger partial charge >= 0.3 is 6.18 Å². The number of benzene rings is 2. The molecule has 0 radical (unpaired) electrons. The molecule has 0 spiro atoms. The van der Waals surface area contributed by atoms with Gasteiger partial charge in [-0.1, -0.05) is 35.3 Å². The lowest BCUT2D eigenvalue weighted by Crippen LogP contribution is -2.07. The Balaban J connectivity index is 0.00000338. The first-order chi connectivity index (χ1) is 11.7. The van der Waals surface area contributed by atoms with Crippen molar-refractivity contribution in [3.8, 4) is 0 Å². The van der Waals surface area contributed by atoms with Gasteiger partial charge in [0, 0.05) is 26.3 Å². The van der Waals surface area contributed by atoms with Crippen LogP contribution in [0.3, 0.4) is 0 Å². The predicted molar refractivity (Wildman–Crippen MR) is 104 cm³/mol. The van der Waals surface area contributed by atoms with Gasteiger partial charge in [0.25, 0.3) is 0 Å². The fourth-order valence-corrected chi connectivity index (χ4v) is 2.61. The summed E-state index contributed by atoms with van der Waals surface area (Å²) in [6.07, 6.45) is -2.79. The molecule has 2 rings (SSSR count). The van der Waals surface area contributed by atoms with Crippen LogP contribution < -0.4 is 5.32 Å². The highest BCUT2D eigenvalue weighted by molar-refractivity contribution is 6.39. The number of hydrogen-bond acceptors (Lipinski definition) is 2. The lowest BCUT2D eigenvalue weighted by atomic mass is 10.1. The van der Waals surface area contributed by atoms with E-state index in [4.69, 9.17) is 23.2 Å². The molecule has 0 amide bonds. The molecular weight excluding hydrogens is 410 g/mol. The molecule has 0 aliphatic carbocycles. The van der Waals surface area contributed by atoms with E-state index in [2.05, 4.69) is 10.3 Å². The predicted octanol–water partition coefficient (Wildman–Crippen LogP) is 6.27. The summed E-state index contributed by atoms with van der Waals surface area (Å²) in [6, 6.07) is 8.38. The Morgan fingerprint density at radius 2 is 1.73 bits per heavy atom. The molecule has 0 aliphatic heterocycles. The molecule has 2 aromatic carbocycles. The third kappa shape index (κ3) is 6.27. The highest BCUT2D eigenvalue weighted by Crippen LogP contribution is 2.36. The van der Waals surface area contributed by atoms with Gasteiger partial charge in [-0.05, 0) is 29.8 Å². The van der Waals surface area contributed by atoms with E-state index in [0.717, 1.165) is 12.1 Å². The molecule has 2 aromatic rings. The van der Waals surface area contributed by atoms with Gasteiger partial charge in [0.2, 0.25) is 0 Å². The van der Waals surface area contributed by atoms with Crippen molar-refractivity contribution in [2.75, 3.05) is 19.4 Å². The number of anilines is 1. The molecule has 0 heterocycles. The van der Waals surface area contributed by atoms with Crippen LogP contribution in [-0.2, 0) is 12.7 Å². The van der Waals surface area contributed by atoms with Gasteiger partial charge in [-0.2, -0.15) is 13.2 Å². The molecule has 0 saturated heterocycles. The van der Waals surface area contributed by atoms with Crippen LogP contribution in [0.1, 0.15) is 11.1 Å². The molecule has 1 N–H and O–H groups in total. The van der Waals surface area contributed by atoms with Crippen molar-refractivity contribution in [2.45, 2.75) is 12.7 Å². The Bertz CT molecular complexity index is 754. The van der Waals surface area contributed by atoms with Crippen LogP contribution >= 0.6 is 35.6 Å². The Morgan fingerprint density at radius 1 is 1.12 bits per heavy atom. The average molecular weight is 427 g/mol. The fourth-order valence-electron chi connectivity index (χ4n) is 2.03. The van der Waals surface area contributed by atoms with Crippen molar-refractivity contribution >= 4 is 53.3 Å². The first-order valence-electron chi connectivity index (χ1n) is 7.26. The van der Waals surface area contributed by atoms with Gasteiger partial charge < -0.3 is 10.2 Å². The Labute approximate surface area is 166 Å². The molecule has 142 valence electrons. The van der Waals surface area contributed by atoms with Crippen molar-refractivity contribution in [3.63, 3.8) is 0 Å². The van der Waals surface area contributed by atoms with E-state index in [-0.39, 0.29) is 19.0 Å². The van der Waals surface area contributed by atoms with Crippen LogP contribution in [0.25, 0.3) is 0 Å². The molecule has 26 heavy (non-hydrogen) atoms. The van der Waals surface area contributed by atoms with E-state index in [1.165, 1.54) is 6.07 Å². The van der Waals surface area contributed by atoms with Crippen LogP contribution in [0.15, 0.2) is 41.4 Å². The highest BCUT2D eigenvalue weighted by Gasteiger charge is 2.30. The zero-order valence-corrected chi connectivity index (χ0v) is 16.3. The molecule has 9 heteroatoms. The van der Waals surface area contributed by atoms with Crippen LogP contribution in [0.2, 0.25) is 10.0 Å². The minimum Gasteiger partial charge on any atom is -0.381 e. The first-order valence-corrected chi connectivity index (χ1v) is 8.02. The van der Waals surface area contributed by atoms with Crippen molar-refractivity contribution < 1.29 is 13.2 Å². The minimum atomic E-state index is -4.37. The summed E-state index contributed by atoms with van der Waals surface area (Å²) < 4.78 is 38.2. The van der Waals surface area contributed by atoms with Gasteiger partial charge in [-0.25, -0.2) is 4.99 Å². The second-order valence-electron chi connectivity index (χ2n) is 5.55. The quantitative estimate of drug-likeness (QED) is 0.451. The van der Waals surface area contributed by atoms with Gasteiger partial charge in [0.15, 0.2) is 0 Å². The zero-order chi connectivity index (χ0) is 18.6. The van der Waals surface area contributed by atoms with E-state index in [9.17, 15) is 13.2 Å². The fraction of sp³-hybridized carbons (Fsp3) is 0.235. The summed E-state index contributed by atoms with van der Waals surface area (Å²) >= 11 is 12.4. The number of nitrogens with one attached hydrogen (secondary N) is 1. The molecule has 3 nitrogen and oxygen atoms in total. The number of nitrogens with zero attached hydrogens (tertiary/aromatic N) is 2. The van der Waals surface area contributed by atoms with E-state index in [1.54, 1.807) is 29.4 Å². The van der Waals surface area contributed by atoms with Crippen LogP contribution in [0.5, 0.6) is 0 Å². The summed E-state index contributed by atoms with van der Waals surface area (Å²) in [5.74, 6) is 0. The minimum absolute atomic E-state index is 0. The SMILES string of the molecule is CN(C)/C=N\c1c(Cl)cc(NCc2cccc(C(F)(F)F)c2)cc1Cl.Cl. The Hall–Kier alpha value is -1.63. The monoisotopic (exact) mass is 425 g/mol. The van der Waals surface area contributed by atoms with Gasteiger partial charge in [-0.3, -0.25) is 0 Å². The lowest BCUT2D eigenvalue weighted by Gasteiger charge is -2.12. The lowest BCUT2D eigenvalue weighted by molar-refractivity contribution is -0.137. The van der Waals surface area contributed by atoms with Gasteiger partial charge in [0.1, 0.15) is 5.69 Å². The number of rotatable bonds is 5. The number of aliphatic imine (C=N–C) groups is 1. The molecule has 0 fully saturated rings. The normalized spacial score (nSPS) is 11.3. The maximum Gasteiger partial charge on any atom is 0.416 e. The molecule has 0 atom stereocenters. The Morgan fingerprint density at radius 3 is 2.27 bits per heavy atom. The summed E-state index contributed by atoms with van der Waals surface area (Å²) in [5.41, 5.74) is 0.839. The van der Waals surface area contributed by atoms with Crippen molar-refractivity contribution in [2.24, 2.45) is 4.99 Å². The Kier molecular flexibility index (Phi) is 8.06. The summed E-state index contributed by atoms with van der Waals surface area (Å²) in [4.78, 5) is 5.93. The van der Waals surface area contributed by atoms with E-state index in [0.29, 0.717) is 27.0 Å². The van der Waals surface area contributed by atoms with Crippen LogP contribution in [-0.4, -0.2) is 25.3 Å². The number of hydrogen-bond donors (Lipinski definition) is 1. The molecule has 0 aliphatic rings. The summed E-state index contributed by atoms with van der Waals surface area (Å²) in [7, 11) is 3.63. The molecule has 0 bridgehead atoms. The second-order valence-corrected chi connectivity index (χ2v) is 6.36. The average Bonchev–Trinajstić information content (AvgIpc) is 2.51. The van der Waals surface area contributed by atoms with Gasteiger partial charge in [-0.15, -0.1) is 12.4 Å². The molecule has 0 unspecified atom stereocenters. The smallest absolute Gasteiger partial charge is 0.381 e. The summed E-state index contributed by atoms with van der Waals surface area (Å²) in [5, 5.41) is 3.70. The summed E-state index contributed by atoms with van der Waals surface area (Å²) in [6.45, 7) is 0.205. The zero-order valence-electron chi connectivity index (χ0n) is 13.9. The molecule has 0 saturated carbocycles. The number of alkyl halides is 3. The maximum absolute atomic E-state index is 12.7. The van der Waals surface area contributed by atoms with Crippen LogP contribution in [0.4, 0.5) is 24.5 Å². The van der Waals surface area contributed by atoms with Gasteiger partial charge in [0.05, 0.1) is 21.9 Å². The molecule has 0 aromatic heterocycles. The topological polar surface area (TPSA) is 27.6 Å². The van der Waals surface area contributed by atoms with Crippen LogP contribution in [0, 0.1) is 0 Å². The van der Waals surface area contributed by atoms with E-state index < -0.39 is 11.7 Å². The van der Waals surface area contributed by atoms with Crippen molar-refractivity contribution in [3.05, 3.63) is 57.6 Å². The van der Waals surface area contributed by atoms with E-state index >= 15 is 0 Å². The third-order valence-electron chi connectivity index (χ3n) is 3.19. The number of halogens is 6. The largest absolute Gasteiger partial charge is 0.416 e. The van der Waals surface area contributed by atoms with Crippen molar-refractivity contribution in [1.82, 2.24) is 4.90 Å². The standard InChI is InChI=1S/C17H16Cl2F3N3.ClH/c1-25(2)10-24-16-14(18)7-13(8-15(16)19)23-9-11-4-3-5-12(6-11)17(20,21)22;/h3-8,10,23H,9H2,1-2H3;1H/b24-10-;. The molecular formula is C17H17Cl3F3N3. The maximum atomic E-state index is 12.7. The van der Waals surface area contributed by atoms with Crippen molar-refractivity contribution in [1.29, 1.82) is 0 Å². The third-order valence-corrected chi connectivity index (χ3v) is 3.76. The highest BCUT2D eigenvalue weighted by atomic mass is 35.5. The second kappa shape index (κ2) is 9.35. The van der Waals surface area contributed by atoms with E-state index in [1.807, 2.05) is 14.1 Å². The first kappa shape index (κ1) is 22.4.